The normalized spacial score (nSPS) is 13.3. The van der Waals surface area contributed by atoms with Gasteiger partial charge in [-0.25, -0.2) is 0 Å². The van der Waals surface area contributed by atoms with Gasteiger partial charge in [0.25, 0.3) is 0 Å². The highest BCUT2D eigenvalue weighted by Gasteiger charge is 2.07. The highest BCUT2D eigenvalue weighted by atomic mass is 15.1. The van der Waals surface area contributed by atoms with Crippen LogP contribution in [0.15, 0.2) is 0 Å². The molecular formula is C15H33N. The van der Waals surface area contributed by atoms with Gasteiger partial charge in [0.1, 0.15) is 0 Å². The molecule has 1 unspecified atom stereocenters. The van der Waals surface area contributed by atoms with Gasteiger partial charge in [-0.15, -0.1) is 0 Å². The summed E-state index contributed by atoms with van der Waals surface area (Å²) in [5.74, 6) is 0. The predicted molar refractivity (Wildman–Crippen MR) is 75.0 cm³/mol. The third-order valence-electron chi connectivity index (χ3n) is 3.59. The zero-order valence-corrected chi connectivity index (χ0v) is 12.1. The van der Waals surface area contributed by atoms with Crippen molar-refractivity contribution >= 4 is 0 Å². The highest BCUT2D eigenvalue weighted by molar-refractivity contribution is 4.63. The topological polar surface area (TPSA) is 3.24 Å². The number of hydrogen-bond donors (Lipinski definition) is 0. The fourth-order valence-electron chi connectivity index (χ4n) is 2.07. The molecule has 1 nitrogen and oxygen atoms in total. The van der Waals surface area contributed by atoms with Crippen LogP contribution < -0.4 is 0 Å². The first kappa shape index (κ1) is 16.0. The van der Waals surface area contributed by atoms with Crippen molar-refractivity contribution < 1.29 is 0 Å². The molecule has 0 rings (SSSR count). The van der Waals surface area contributed by atoms with Gasteiger partial charge in [-0.1, -0.05) is 58.8 Å². The van der Waals surface area contributed by atoms with Gasteiger partial charge >= 0.3 is 0 Å². The molecule has 0 spiro atoms. The summed E-state index contributed by atoms with van der Waals surface area (Å²) < 4.78 is 0. The molecule has 0 aliphatic carbocycles. The van der Waals surface area contributed by atoms with E-state index in [1.54, 1.807) is 0 Å². The number of hydrogen-bond acceptors (Lipinski definition) is 1. The van der Waals surface area contributed by atoms with Gasteiger partial charge in [-0.05, 0) is 33.4 Å². The van der Waals surface area contributed by atoms with Gasteiger partial charge in [0.15, 0.2) is 0 Å². The van der Waals surface area contributed by atoms with E-state index in [1.165, 1.54) is 64.3 Å². The molecule has 98 valence electrons. The van der Waals surface area contributed by atoms with Gasteiger partial charge in [0.2, 0.25) is 0 Å². The lowest BCUT2D eigenvalue weighted by Crippen LogP contribution is -2.29. The second-order valence-electron chi connectivity index (χ2n) is 5.24. The quantitative estimate of drug-likeness (QED) is 0.456. The molecule has 0 saturated heterocycles. The fourth-order valence-corrected chi connectivity index (χ4v) is 2.07. The van der Waals surface area contributed by atoms with Crippen molar-refractivity contribution in [3.05, 3.63) is 0 Å². The molecule has 0 fully saturated rings. The number of rotatable bonds is 11. The molecule has 1 heteroatoms. The molecule has 0 aromatic rings. The van der Waals surface area contributed by atoms with Crippen LogP contribution >= 0.6 is 0 Å². The monoisotopic (exact) mass is 227 g/mol. The van der Waals surface area contributed by atoms with Crippen molar-refractivity contribution in [2.24, 2.45) is 0 Å². The molecule has 0 radical (unpaired) electrons. The zero-order valence-electron chi connectivity index (χ0n) is 12.1. The van der Waals surface area contributed by atoms with Crippen LogP contribution in [0.2, 0.25) is 0 Å². The largest absolute Gasteiger partial charge is 0.304 e. The van der Waals surface area contributed by atoms with Gasteiger partial charge in [0, 0.05) is 6.04 Å². The lowest BCUT2D eigenvalue weighted by molar-refractivity contribution is 0.238. The van der Waals surface area contributed by atoms with Crippen molar-refractivity contribution in [2.45, 2.75) is 84.6 Å². The van der Waals surface area contributed by atoms with Crippen LogP contribution in [0.5, 0.6) is 0 Å². The Morgan fingerprint density at radius 2 is 1.38 bits per heavy atom. The minimum Gasteiger partial charge on any atom is -0.304 e. The van der Waals surface area contributed by atoms with E-state index in [9.17, 15) is 0 Å². The molecule has 16 heavy (non-hydrogen) atoms. The van der Waals surface area contributed by atoms with Crippen molar-refractivity contribution in [3.8, 4) is 0 Å². The first-order valence-electron chi connectivity index (χ1n) is 7.42. The Balaban J connectivity index is 3.31. The van der Waals surface area contributed by atoms with Crippen molar-refractivity contribution in [3.63, 3.8) is 0 Å². The average Bonchev–Trinajstić information content (AvgIpc) is 2.30. The molecule has 0 aliphatic heterocycles. The summed E-state index contributed by atoms with van der Waals surface area (Å²) in [5.41, 5.74) is 0. The van der Waals surface area contributed by atoms with E-state index in [-0.39, 0.29) is 0 Å². The highest BCUT2D eigenvalue weighted by Crippen LogP contribution is 2.11. The third kappa shape index (κ3) is 9.21. The van der Waals surface area contributed by atoms with Crippen LogP contribution in [0, 0.1) is 0 Å². The zero-order chi connectivity index (χ0) is 12.2. The molecule has 0 bridgehead atoms. The summed E-state index contributed by atoms with van der Waals surface area (Å²) in [6, 6.07) is 0.776. The summed E-state index contributed by atoms with van der Waals surface area (Å²) >= 11 is 0. The number of unbranched alkanes of at least 4 members (excludes halogenated alkanes) is 6. The van der Waals surface area contributed by atoms with Crippen LogP contribution in [-0.2, 0) is 0 Å². The summed E-state index contributed by atoms with van der Waals surface area (Å²) in [6.45, 7) is 8.20. The Hall–Kier alpha value is -0.0400. The van der Waals surface area contributed by atoms with Gasteiger partial charge in [0.05, 0.1) is 0 Å². The Bertz CT molecular complexity index is 133. The SMILES string of the molecule is CCCCCCCCC(C)N(C)CCCC. The Kier molecular flexibility index (Phi) is 11.4. The lowest BCUT2D eigenvalue weighted by atomic mass is 10.1. The lowest BCUT2D eigenvalue weighted by Gasteiger charge is -2.24. The molecule has 0 amide bonds. The molecule has 0 heterocycles. The second kappa shape index (κ2) is 11.4. The van der Waals surface area contributed by atoms with E-state index in [2.05, 4.69) is 32.7 Å². The Morgan fingerprint density at radius 1 is 0.812 bits per heavy atom. The molecule has 0 saturated carbocycles. The summed E-state index contributed by atoms with van der Waals surface area (Å²) in [6.07, 6.45) is 12.6. The average molecular weight is 227 g/mol. The van der Waals surface area contributed by atoms with Crippen LogP contribution in [-0.4, -0.2) is 24.5 Å². The molecule has 0 aromatic heterocycles. The first-order chi connectivity index (χ1) is 7.72. The Morgan fingerprint density at radius 3 is 2.00 bits per heavy atom. The maximum atomic E-state index is 2.52. The van der Waals surface area contributed by atoms with Gasteiger partial charge in [-0.3, -0.25) is 0 Å². The van der Waals surface area contributed by atoms with Crippen LogP contribution in [0.25, 0.3) is 0 Å². The first-order valence-corrected chi connectivity index (χ1v) is 7.42. The molecule has 1 atom stereocenters. The van der Waals surface area contributed by atoms with E-state index in [1.807, 2.05) is 0 Å². The maximum Gasteiger partial charge on any atom is 0.00638 e. The van der Waals surface area contributed by atoms with E-state index in [0.29, 0.717) is 0 Å². The maximum absolute atomic E-state index is 2.52. The van der Waals surface area contributed by atoms with Crippen molar-refractivity contribution in [1.82, 2.24) is 4.90 Å². The van der Waals surface area contributed by atoms with Crippen LogP contribution in [0.4, 0.5) is 0 Å². The molecule has 0 N–H and O–H groups in total. The van der Waals surface area contributed by atoms with Crippen molar-refractivity contribution in [1.29, 1.82) is 0 Å². The van der Waals surface area contributed by atoms with Gasteiger partial charge in [-0.2, -0.15) is 0 Å². The summed E-state index contributed by atoms with van der Waals surface area (Å²) in [7, 11) is 2.28. The van der Waals surface area contributed by atoms with Crippen molar-refractivity contribution in [2.75, 3.05) is 13.6 Å². The minimum atomic E-state index is 0.776. The molecule has 0 aliphatic rings. The molecular weight excluding hydrogens is 194 g/mol. The van der Waals surface area contributed by atoms with E-state index < -0.39 is 0 Å². The van der Waals surface area contributed by atoms with Gasteiger partial charge < -0.3 is 4.90 Å². The number of nitrogens with zero attached hydrogens (tertiary/aromatic N) is 1. The third-order valence-corrected chi connectivity index (χ3v) is 3.59. The second-order valence-corrected chi connectivity index (χ2v) is 5.24. The predicted octanol–water partition coefficient (Wildman–Crippen LogP) is 4.86. The summed E-state index contributed by atoms with van der Waals surface area (Å²) in [4.78, 5) is 2.52. The molecule has 0 aromatic carbocycles. The van der Waals surface area contributed by atoms with E-state index >= 15 is 0 Å². The fraction of sp³-hybridized carbons (Fsp3) is 1.00. The van der Waals surface area contributed by atoms with Crippen LogP contribution in [0.3, 0.4) is 0 Å². The van der Waals surface area contributed by atoms with E-state index in [4.69, 9.17) is 0 Å². The smallest absolute Gasteiger partial charge is 0.00638 e. The summed E-state index contributed by atoms with van der Waals surface area (Å²) in [5, 5.41) is 0. The van der Waals surface area contributed by atoms with E-state index in [0.717, 1.165) is 6.04 Å². The standard InChI is InChI=1S/C15H33N/c1-5-7-9-10-11-12-13-15(3)16(4)14-8-6-2/h15H,5-14H2,1-4H3. The minimum absolute atomic E-state index is 0.776. The Labute approximate surface area is 104 Å². The van der Waals surface area contributed by atoms with Crippen LogP contribution in [0.1, 0.15) is 78.6 Å².